The van der Waals surface area contributed by atoms with Gasteiger partial charge < -0.3 is 36.8 Å². The van der Waals surface area contributed by atoms with Crippen LogP contribution in [0, 0.1) is 11.8 Å². The van der Waals surface area contributed by atoms with E-state index >= 15 is 0 Å². The zero-order valence-corrected chi connectivity index (χ0v) is 20.7. The van der Waals surface area contributed by atoms with E-state index in [4.69, 9.17) is 11.5 Å². The predicted octanol–water partition coefficient (Wildman–Crippen LogP) is 0.392. The molecule has 194 valence electrons. The van der Waals surface area contributed by atoms with Crippen LogP contribution in [0.2, 0.25) is 0 Å². The number of aliphatic hydroxyl groups is 3. The molecule has 1 fully saturated rings. The molecule has 0 radical (unpaired) electrons. The van der Waals surface area contributed by atoms with Crippen molar-refractivity contribution >= 4 is 34.6 Å². The molecule has 0 aliphatic heterocycles. The van der Waals surface area contributed by atoms with E-state index in [0.717, 1.165) is 0 Å². The number of nitrogens with zero attached hydrogens (tertiary/aromatic N) is 2. The van der Waals surface area contributed by atoms with Gasteiger partial charge >= 0.3 is 0 Å². The van der Waals surface area contributed by atoms with Crippen LogP contribution in [0.15, 0.2) is 23.0 Å². The molecular weight excluding hydrogens is 468 g/mol. The number of hydrogen-bond acceptors (Lipinski definition) is 10. The smallest absolute Gasteiger partial charge is 0.255 e. The number of aliphatic hydroxyl groups excluding tert-OH is 2. The predicted molar refractivity (Wildman–Crippen MR) is 132 cm³/mol. The van der Waals surface area contributed by atoms with Crippen molar-refractivity contribution in [1.29, 1.82) is 0 Å². The van der Waals surface area contributed by atoms with Crippen LogP contribution in [0.5, 0.6) is 5.75 Å². The van der Waals surface area contributed by atoms with E-state index in [0.29, 0.717) is 24.3 Å². The number of phenols is 1. The van der Waals surface area contributed by atoms with E-state index < -0.39 is 63.8 Å². The molecule has 11 nitrogen and oxygen atoms in total. The van der Waals surface area contributed by atoms with Gasteiger partial charge in [0.25, 0.3) is 5.91 Å². The molecule has 1 saturated carbocycles. The van der Waals surface area contributed by atoms with Gasteiger partial charge in [-0.05, 0) is 58.3 Å². The van der Waals surface area contributed by atoms with E-state index in [1.807, 2.05) is 18.7 Å². The molecular formula is C25H32N4O7. The summed E-state index contributed by atoms with van der Waals surface area (Å²) in [6.45, 7) is 5.16. The third kappa shape index (κ3) is 3.22. The molecule has 0 heterocycles. The van der Waals surface area contributed by atoms with E-state index in [1.54, 1.807) is 20.2 Å². The van der Waals surface area contributed by atoms with Crippen molar-refractivity contribution in [3.05, 3.63) is 34.1 Å². The Labute approximate surface area is 208 Å². The van der Waals surface area contributed by atoms with E-state index in [-0.39, 0.29) is 29.7 Å². The standard InChI is InChI=1S/C25H32N4O7/c1-5-29(6-2)14-9-13(26)19(30)16-11(14)7-10-8-12-18(28(3)4)21(32)17(24(27)35)23(34)25(12,36)22(33)15(10)20(16)31/h9-10,12,18,30-31,34,36H,5-8,26H2,1-4H3,(H2,27,35)/t10?,12?,18-,25-/m0/s1. The van der Waals surface area contributed by atoms with Gasteiger partial charge in [0.05, 0.1) is 17.3 Å². The summed E-state index contributed by atoms with van der Waals surface area (Å²) in [5.74, 6) is -6.91. The van der Waals surface area contributed by atoms with Crippen LogP contribution < -0.4 is 16.4 Å². The summed E-state index contributed by atoms with van der Waals surface area (Å²) >= 11 is 0. The first kappa shape index (κ1) is 25.5. The normalized spacial score (nSPS) is 27.7. The Kier molecular flexibility index (Phi) is 6.04. The molecule has 1 aromatic rings. The maximum Gasteiger partial charge on any atom is 0.255 e. The number of likely N-dealkylation sites (N-methyl/N-ethyl adjacent to an activating group) is 1. The Morgan fingerprint density at radius 1 is 1.17 bits per heavy atom. The molecule has 4 atom stereocenters. The number of nitrogens with two attached hydrogens (primary N) is 2. The third-order valence-corrected chi connectivity index (χ3v) is 7.83. The zero-order valence-electron chi connectivity index (χ0n) is 20.7. The summed E-state index contributed by atoms with van der Waals surface area (Å²) < 4.78 is 0. The lowest BCUT2D eigenvalue weighted by molar-refractivity contribution is -0.153. The first-order valence-corrected chi connectivity index (χ1v) is 11.9. The molecule has 4 rings (SSSR count). The Bertz CT molecular complexity index is 1250. The second kappa shape index (κ2) is 8.52. The number of fused-ring (bicyclic) bond motifs is 3. The van der Waals surface area contributed by atoms with Gasteiger partial charge in [0.1, 0.15) is 22.8 Å². The molecule has 11 heteroatoms. The maximum absolute atomic E-state index is 13.8. The number of amides is 1. The molecule has 3 aliphatic rings. The molecule has 0 spiro atoms. The summed E-state index contributed by atoms with van der Waals surface area (Å²) in [6.07, 6.45) is 0.253. The molecule has 3 aliphatic carbocycles. The maximum atomic E-state index is 13.8. The number of hydrogen-bond donors (Lipinski definition) is 6. The number of benzene rings is 1. The summed E-state index contributed by atoms with van der Waals surface area (Å²) in [5, 5.41) is 44.6. The molecule has 36 heavy (non-hydrogen) atoms. The quantitative estimate of drug-likeness (QED) is 0.187. The van der Waals surface area contributed by atoms with Crippen molar-refractivity contribution in [2.24, 2.45) is 17.6 Å². The molecule has 0 bridgehead atoms. The van der Waals surface area contributed by atoms with Crippen LogP contribution in [0.1, 0.15) is 31.4 Å². The highest BCUT2D eigenvalue weighted by Gasteiger charge is 2.64. The second-order valence-electron chi connectivity index (χ2n) is 9.82. The first-order chi connectivity index (χ1) is 16.8. The lowest BCUT2D eigenvalue weighted by Gasteiger charge is -2.50. The average Bonchev–Trinajstić information content (AvgIpc) is 2.79. The van der Waals surface area contributed by atoms with Gasteiger partial charge in [0.15, 0.2) is 11.4 Å². The van der Waals surface area contributed by atoms with Gasteiger partial charge in [-0.25, -0.2) is 0 Å². The number of nitrogen functional groups attached to an aromatic ring is 1. The Balaban J connectivity index is 2.00. The third-order valence-electron chi connectivity index (χ3n) is 7.83. The zero-order chi connectivity index (χ0) is 26.9. The second-order valence-corrected chi connectivity index (χ2v) is 9.82. The molecule has 8 N–H and O–H groups in total. The fraction of sp³-hybridized carbons (Fsp3) is 0.480. The molecule has 1 aromatic carbocycles. The van der Waals surface area contributed by atoms with Gasteiger partial charge in [-0.3, -0.25) is 19.3 Å². The van der Waals surface area contributed by atoms with Crippen LogP contribution in [0.3, 0.4) is 0 Å². The van der Waals surface area contributed by atoms with Crippen LogP contribution in [0.4, 0.5) is 11.4 Å². The summed E-state index contributed by atoms with van der Waals surface area (Å²) in [7, 11) is 3.12. The number of primary amides is 1. The monoisotopic (exact) mass is 500 g/mol. The number of aromatic hydroxyl groups is 1. The van der Waals surface area contributed by atoms with Gasteiger partial charge in [-0.15, -0.1) is 0 Å². The number of rotatable bonds is 5. The van der Waals surface area contributed by atoms with Crippen LogP contribution in [-0.2, 0) is 20.8 Å². The topological polar surface area (TPSA) is 191 Å². The minimum atomic E-state index is -2.66. The number of Topliss-reactive ketones (excluding diaryl/α,β-unsaturated/α-hetero) is 2. The van der Waals surface area contributed by atoms with Gasteiger partial charge in [-0.1, -0.05) is 0 Å². The minimum Gasteiger partial charge on any atom is -0.508 e. The highest BCUT2D eigenvalue weighted by Crippen LogP contribution is 2.54. The number of carbonyl (C=O) groups is 3. The van der Waals surface area contributed by atoms with Crippen LogP contribution >= 0.6 is 0 Å². The van der Waals surface area contributed by atoms with Crippen molar-refractivity contribution in [2.45, 2.75) is 38.3 Å². The summed E-state index contributed by atoms with van der Waals surface area (Å²) in [5.41, 5.74) is 8.97. The van der Waals surface area contributed by atoms with Crippen molar-refractivity contribution in [2.75, 3.05) is 37.8 Å². The Hall–Kier alpha value is -3.57. The number of carbonyl (C=O) groups excluding carboxylic acids is 3. The Morgan fingerprint density at radius 2 is 1.78 bits per heavy atom. The summed E-state index contributed by atoms with van der Waals surface area (Å²) in [4.78, 5) is 42.5. The van der Waals surface area contributed by atoms with Crippen molar-refractivity contribution in [3.63, 3.8) is 0 Å². The van der Waals surface area contributed by atoms with Crippen LogP contribution in [0.25, 0.3) is 5.76 Å². The highest BCUT2D eigenvalue weighted by atomic mass is 16.3. The largest absolute Gasteiger partial charge is 0.508 e. The van der Waals surface area contributed by atoms with E-state index in [9.17, 15) is 34.8 Å². The van der Waals surface area contributed by atoms with Crippen molar-refractivity contribution in [3.8, 4) is 5.75 Å². The fourth-order valence-corrected chi connectivity index (χ4v) is 6.16. The van der Waals surface area contributed by atoms with Crippen molar-refractivity contribution in [1.82, 2.24) is 4.90 Å². The molecule has 1 amide bonds. The van der Waals surface area contributed by atoms with E-state index in [1.165, 1.54) is 4.90 Å². The number of phenolic OH excluding ortho intramolecular Hbond substituents is 1. The molecule has 0 aromatic heterocycles. The van der Waals surface area contributed by atoms with Gasteiger partial charge in [0.2, 0.25) is 5.78 Å². The molecule has 0 saturated heterocycles. The molecule has 2 unspecified atom stereocenters. The lowest BCUT2D eigenvalue weighted by Crippen LogP contribution is -2.65. The Morgan fingerprint density at radius 3 is 2.31 bits per heavy atom. The SMILES string of the molecule is CCN(CC)c1cc(N)c(O)c2c1CC1CC3[C@H](N(C)C)C(=O)C(C(N)=O)=C(O)[C@@]3(O)C(=O)C1=C2O. The van der Waals surface area contributed by atoms with Crippen LogP contribution in [-0.4, -0.2) is 81.6 Å². The van der Waals surface area contributed by atoms with Crippen molar-refractivity contribution < 1.29 is 34.8 Å². The van der Waals surface area contributed by atoms with Gasteiger partial charge in [0, 0.05) is 30.3 Å². The highest BCUT2D eigenvalue weighted by molar-refractivity contribution is 6.24. The van der Waals surface area contributed by atoms with Gasteiger partial charge in [-0.2, -0.15) is 0 Å². The number of anilines is 2. The summed E-state index contributed by atoms with van der Waals surface area (Å²) in [6, 6.07) is 0.505. The average molecular weight is 501 g/mol. The number of ketones is 2. The lowest BCUT2D eigenvalue weighted by atomic mass is 9.57. The first-order valence-electron chi connectivity index (χ1n) is 11.9. The minimum absolute atomic E-state index is 0.00631. The van der Waals surface area contributed by atoms with E-state index in [2.05, 4.69) is 0 Å². The fourth-order valence-electron chi connectivity index (χ4n) is 6.16.